The molecule has 0 saturated heterocycles. The van der Waals surface area contributed by atoms with Gasteiger partial charge in [-0.3, -0.25) is 0 Å². The van der Waals surface area contributed by atoms with Gasteiger partial charge in [-0.1, -0.05) is 13.8 Å². The standard InChI is InChI=1S/C15H25NO2/c1-12(2)11-18-10-4-8-16-9-7-13-14(16)5-3-6-15(13)17/h7,9,12,15,17H,3-6,8,10-11H2,1-2H3. The first-order valence-electron chi connectivity index (χ1n) is 7.12. The van der Waals surface area contributed by atoms with Gasteiger partial charge in [-0.25, -0.2) is 0 Å². The topological polar surface area (TPSA) is 34.4 Å². The Balaban J connectivity index is 1.80. The normalized spacial score (nSPS) is 19.2. The summed E-state index contributed by atoms with van der Waals surface area (Å²) in [5.74, 6) is 0.611. The quantitative estimate of drug-likeness (QED) is 0.789. The Labute approximate surface area is 110 Å². The Morgan fingerprint density at radius 2 is 2.33 bits per heavy atom. The third kappa shape index (κ3) is 3.36. The number of fused-ring (bicyclic) bond motifs is 1. The van der Waals surface area contributed by atoms with Crippen LogP contribution in [0.2, 0.25) is 0 Å². The highest BCUT2D eigenvalue weighted by Crippen LogP contribution is 2.30. The number of aliphatic hydroxyl groups excluding tert-OH is 1. The Morgan fingerprint density at radius 3 is 3.11 bits per heavy atom. The molecular formula is C15H25NO2. The first-order chi connectivity index (χ1) is 8.68. The average molecular weight is 251 g/mol. The predicted molar refractivity (Wildman–Crippen MR) is 72.6 cm³/mol. The van der Waals surface area contributed by atoms with Crippen molar-refractivity contribution in [1.82, 2.24) is 4.57 Å². The van der Waals surface area contributed by atoms with Gasteiger partial charge < -0.3 is 14.4 Å². The highest BCUT2D eigenvalue weighted by molar-refractivity contribution is 5.27. The van der Waals surface area contributed by atoms with Crippen molar-refractivity contribution in [1.29, 1.82) is 0 Å². The van der Waals surface area contributed by atoms with Crippen LogP contribution in [0, 0.1) is 5.92 Å². The van der Waals surface area contributed by atoms with Crippen LogP contribution in [0.4, 0.5) is 0 Å². The number of aryl methyl sites for hydroxylation is 1. The van der Waals surface area contributed by atoms with Crippen LogP contribution < -0.4 is 0 Å². The highest BCUT2D eigenvalue weighted by Gasteiger charge is 2.20. The number of nitrogens with zero attached hydrogens (tertiary/aromatic N) is 1. The summed E-state index contributed by atoms with van der Waals surface area (Å²) in [6.07, 6.45) is 6.03. The lowest BCUT2D eigenvalue weighted by atomic mass is 9.95. The molecule has 2 rings (SSSR count). The molecule has 1 aromatic rings. The average Bonchev–Trinajstić information content (AvgIpc) is 2.73. The number of aromatic nitrogens is 1. The zero-order valence-electron chi connectivity index (χ0n) is 11.6. The fourth-order valence-corrected chi connectivity index (χ4v) is 2.60. The van der Waals surface area contributed by atoms with E-state index in [-0.39, 0.29) is 6.10 Å². The van der Waals surface area contributed by atoms with Gasteiger partial charge in [0.2, 0.25) is 0 Å². The molecule has 1 atom stereocenters. The molecule has 1 aliphatic rings. The van der Waals surface area contributed by atoms with Gasteiger partial charge in [-0.2, -0.15) is 0 Å². The highest BCUT2D eigenvalue weighted by atomic mass is 16.5. The molecule has 3 heteroatoms. The molecule has 18 heavy (non-hydrogen) atoms. The molecule has 0 fully saturated rings. The molecule has 1 heterocycles. The van der Waals surface area contributed by atoms with Crippen LogP contribution in [0.25, 0.3) is 0 Å². The van der Waals surface area contributed by atoms with Crippen molar-refractivity contribution >= 4 is 0 Å². The maximum atomic E-state index is 9.91. The summed E-state index contributed by atoms with van der Waals surface area (Å²) in [4.78, 5) is 0. The summed E-state index contributed by atoms with van der Waals surface area (Å²) >= 11 is 0. The third-order valence-electron chi connectivity index (χ3n) is 3.50. The Hall–Kier alpha value is -0.800. The molecule has 1 unspecified atom stereocenters. The number of rotatable bonds is 6. The van der Waals surface area contributed by atoms with E-state index in [0.29, 0.717) is 5.92 Å². The second-order valence-corrected chi connectivity index (χ2v) is 5.64. The van der Waals surface area contributed by atoms with E-state index in [9.17, 15) is 5.11 Å². The number of hydrogen-bond acceptors (Lipinski definition) is 2. The van der Waals surface area contributed by atoms with E-state index in [1.807, 2.05) is 0 Å². The minimum Gasteiger partial charge on any atom is -0.388 e. The maximum Gasteiger partial charge on any atom is 0.0807 e. The van der Waals surface area contributed by atoms with E-state index in [0.717, 1.165) is 51.0 Å². The van der Waals surface area contributed by atoms with Crippen molar-refractivity contribution in [2.45, 2.75) is 52.2 Å². The summed E-state index contributed by atoms with van der Waals surface area (Å²) in [7, 11) is 0. The van der Waals surface area contributed by atoms with Crippen molar-refractivity contribution in [2.24, 2.45) is 5.92 Å². The molecule has 0 amide bonds. The van der Waals surface area contributed by atoms with E-state index in [1.54, 1.807) is 0 Å². The summed E-state index contributed by atoms with van der Waals surface area (Å²) in [6.45, 7) is 7.02. The maximum absolute atomic E-state index is 9.91. The first-order valence-corrected chi connectivity index (χ1v) is 7.12. The van der Waals surface area contributed by atoms with Crippen LogP contribution in [-0.4, -0.2) is 22.9 Å². The van der Waals surface area contributed by atoms with Crippen molar-refractivity contribution in [3.05, 3.63) is 23.5 Å². The van der Waals surface area contributed by atoms with E-state index >= 15 is 0 Å². The largest absolute Gasteiger partial charge is 0.388 e. The fraction of sp³-hybridized carbons (Fsp3) is 0.733. The van der Waals surface area contributed by atoms with Crippen molar-refractivity contribution < 1.29 is 9.84 Å². The zero-order chi connectivity index (χ0) is 13.0. The van der Waals surface area contributed by atoms with Gasteiger partial charge in [0.15, 0.2) is 0 Å². The summed E-state index contributed by atoms with van der Waals surface area (Å²) in [6, 6.07) is 2.08. The van der Waals surface area contributed by atoms with Crippen LogP contribution in [0.3, 0.4) is 0 Å². The van der Waals surface area contributed by atoms with Crippen LogP contribution in [0.15, 0.2) is 12.3 Å². The lowest BCUT2D eigenvalue weighted by Gasteiger charge is -2.20. The van der Waals surface area contributed by atoms with E-state index < -0.39 is 0 Å². The molecular weight excluding hydrogens is 226 g/mol. The predicted octanol–water partition coefficient (Wildman–Crippen LogP) is 2.92. The van der Waals surface area contributed by atoms with Gasteiger partial charge in [0.05, 0.1) is 6.10 Å². The molecule has 1 N–H and O–H groups in total. The molecule has 0 radical (unpaired) electrons. The van der Waals surface area contributed by atoms with Crippen molar-refractivity contribution in [2.75, 3.05) is 13.2 Å². The van der Waals surface area contributed by atoms with E-state index in [2.05, 4.69) is 30.7 Å². The Kier molecular flexibility index (Phi) is 4.84. The summed E-state index contributed by atoms with van der Waals surface area (Å²) in [5.41, 5.74) is 2.47. The molecule has 0 aromatic carbocycles. The van der Waals surface area contributed by atoms with Gasteiger partial charge in [-0.05, 0) is 37.7 Å². The van der Waals surface area contributed by atoms with Crippen LogP contribution in [0.1, 0.15) is 50.5 Å². The second-order valence-electron chi connectivity index (χ2n) is 5.64. The third-order valence-corrected chi connectivity index (χ3v) is 3.50. The van der Waals surface area contributed by atoms with Crippen LogP contribution >= 0.6 is 0 Å². The second kappa shape index (κ2) is 6.39. The lowest BCUT2D eigenvalue weighted by Crippen LogP contribution is -2.13. The number of aliphatic hydroxyl groups is 1. The van der Waals surface area contributed by atoms with Crippen molar-refractivity contribution in [3.8, 4) is 0 Å². The van der Waals surface area contributed by atoms with Gasteiger partial charge in [0, 0.05) is 37.2 Å². The first kappa shape index (κ1) is 13.6. The minimum atomic E-state index is -0.243. The smallest absolute Gasteiger partial charge is 0.0807 e. The molecule has 1 aliphatic carbocycles. The number of hydrogen-bond donors (Lipinski definition) is 1. The van der Waals surface area contributed by atoms with Gasteiger partial charge in [0.1, 0.15) is 0 Å². The molecule has 1 aromatic heterocycles. The Morgan fingerprint density at radius 1 is 1.50 bits per heavy atom. The molecule has 0 spiro atoms. The molecule has 0 saturated carbocycles. The van der Waals surface area contributed by atoms with Gasteiger partial charge in [-0.15, -0.1) is 0 Å². The van der Waals surface area contributed by atoms with E-state index in [4.69, 9.17) is 4.74 Å². The van der Waals surface area contributed by atoms with Crippen molar-refractivity contribution in [3.63, 3.8) is 0 Å². The molecule has 0 aliphatic heterocycles. The fourth-order valence-electron chi connectivity index (χ4n) is 2.60. The van der Waals surface area contributed by atoms with Gasteiger partial charge >= 0.3 is 0 Å². The van der Waals surface area contributed by atoms with Crippen LogP contribution in [-0.2, 0) is 17.7 Å². The number of ether oxygens (including phenoxy) is 1. The van der Waals surface area contributed by atoms with E-state index in [1.165, 1.54) is 5.69 Å². The minimum absolute atomic E-state index is 0.243. The summed E-state index contributed by atoms with van der Waals surface area (Å²) < 4.78 is 7.88. The SMILES string of the molecule is CC(C)COCCCn1ccc2c1CCCC2O. The Bertz CT molecular complexity index is 371. The van der Waals surface area contributed by atoms with Crippen LogP contribution in [0.5, 0.6) is 0 Å². The molecule has 102 valence electrons. The lowest BCUT2D eigenvalue weighted by molar-refractivity contribution is 0.105. The zero-order valence-corrected chi connectivity index (χ0v) is 11.6. The summed E-state index contributed by atoms with van der Waals surface area (Å²) in [5, 5.41) is 9.91. The monoisotopic (exact) mass is 251 g/mol. The molecule has 0 bridgehead atoms. The van der Waals surface area contributed by atoms with Gasteiger partial charge in [0.25, 0.3) is 0 Å². The molecule has 3 nitrogen and oxygen atoms in total.